The van der Waals surface area contributed by atoms with Gasteiger partial charge < -0.3 is 10.4 Å². The normalized spacial score (nSPS) is 11.0. The molecule has 14 heavy (non-hydrogen) atoms. The van der Waals surface area contributed by atoms with Crippen LogP contribution >= 0.6 is 0 Å². The maximum Gasteiger partial charge on any atom is 0.165 e. The lowest BCUT2D eigenvalue weighted by molar-refractivity contribution is 0.431. The molecule has 0 fully saturated rings. The molecule has 0 bridgehead atoms. The van der Waals surface area contributed by atoms with Gasteiger partial charge in [0.2, 0.25) is 0 Å². The van der Waals surface area contributed by atoms with Crippen LogP contribution < -0.4 is 5.32 Å². The summed E-state index contributed by atoms with van der Waals surface area (Å²) in [5.41, 5.74) is 0.515. The second kappa shape index (κ2) is 5.40. The number of rotatable bonds is 4. The van der Waals surface area contributed by atoms with Gasteiger partial charge >= 0.3 is 0 Å². The zero-order valence-electron chi connectivity index (χ0n) is 8.13. The second-order valence-corrected chi connectivity index (χ2v) is 2.97. The van der Waals surface area contributed by atoms with Crippen molar-refractivity contribution < 1.29 is 9.50 Å². The molecular formula is C11H14FNO. The van der Waals surface area contributed by atoms with Crippen molar-refractivity contribution in [2.45, 2.75) is 6.42 Å². The molecule has 2 nitrogen and oxygen atoms in total. The lowest BCUT2D eigenvalue weighted by atomic mass is 10.1. The number of hydrogen-bond donors (Lipinski definition) is 2. The highest BCUT2D eigenvalue weighted by molar-refractivity contribution is 5.56. The van der Waals surface area contributed by atoms with Gasteiger partial charge in [0.15, 0.2) is 11.6 Å². The number of aromatic hydroxyl groups is 1. The Hall–Kier alpha value is -1.35. The number of nitrogens with one attached hydrogen (secondary N) is 1. The van der Waals surface area contributed by atoms with Gasteiger partial charge in [-0.05, 0) is 26.1 Å². The summed E-state index contributed by atoms with van der Waals surface area (Å²) in [5, 5.41) is 12.3. The van der Waals surface area contributed by atoms with Crippen molar-refractivity contribution in [2.24, 2.45) is 0 Å². The third kappa shape index (κ3) is 2.85. The first-order valence-electron chi connectivity index (χ1n) is 4.54. The highest BCUT2D eigenvalue weighted by Crippen LogP contribution is 2.21. The van der Waals surface area contributed by atoms with E-state index in [0.717, 1.165) is 13.0 Å². The first-order valence-corrected chi connectivity index (χ1v) is 4.54. The smallest absolute Gasteiger partial charge is 0.165 e. The van der Waals surface area contributed by atoms with Crippen molar-refractivity contribution in [2.75, 3.05) is 13.6 Å². The van der Waals surface area contributed by atoms with Crippen LogP contribution in [0.15, 0.2) is 24.3 Å². The highest BCUT2D eigenvalue weighted by Gasteiger charge is 2.01. The molecule has 3 heteroatoms. The maximum absolute atomic E-state index is 12.9. The average Bonchev–Trinajstić information content (AvgIpc) is 2.19. The standard InChI is InChI=1S/C11H14FNO/c1-13-8-3-2-5-9-6-4-7-10(12)11(9)14/h2,4-7,13-14H,3,8H2,1H3. The molecule has 0 aliphatic heterocycles. The molecule has 0 unspecified atom stereocenters. The third-order valence-electron chi connectivity index (χ3n) is 1.88. The van der Waals surface area contributed by atoms with E-state index in [1.54, 1.807) is 18.2 Å². The van der Waals surface area contributed by atoms with Crippen molar-refractivity contribution in [3.8, 4) is 5.75 Å². The quantitative estimate of drug-likeness (QED) is 0.721. The Morgan fingerprint density at radius 1 is 1.50 bits per heavy atom. The van der Waals surface area contributed by atoms with E-state index in [-0.39, 0.29) is 5.75 Å². The SMILES string of the molecule is CNCCC=Cc1cccc(F)c1O. The van der Waals surface area contributed by atoms with Crippen LogP contribution in [0.5, 0.6) is 5.75 Å². The topological polar surface area (TPSA) is 32.3 Å². The Kier molecular flexibility index (Phi) is 4.13. The molecule has 0 aliphatic carbocycles. The van der Waals surface area contributed by atoms with Gasteiger partial charge in [-0.15, -0.1) is 0 Å². The molecule has 0 aromatic heterocycles. The van der Waals surface area contributed by atoms with Gasteiger partial charge in [-0.3, -0.25) is 0 Å². The number of hydrogen-bond acceptors (Lipinski definition) is 2. The van der Waals surface area contributed by atoms with Gasteiger partial charge in [0.25, 0.3) is 0 Å². The first-order chi connectivity index (χ1) is 6.75. The van der Waals surface area contributed by atoms with E-state index in [4.69, 9.17) is 0 Å². The summed E-state index contributed by atoms with van der Waals surface area (Å²) in [6.45, 7) is 0.868. The zero-order valence-corrected chi connectivity index (χ0v) is 8.13. The van der Waals surface area contributed by atoms with E-state index >= 15 is 0 Å². The van der Waals surface area contributed by atoms with Gasteiger partial charge in [-0.1, -0.05) is 24.3 Å². The minimum Gasteiger partial charge on any atom is -0.504 e. The van der Waals surface area contributed by atoms with Crippen LogP contribution in [0, 0.1) is 5.82 Å². The van der Waals surface area contributed by atoms with Crippen LogP contribution in [0.1, 0.15) is 12.0 Å². The molecule has 0 atom stereocenters. The van der Waals surface area contributed by atoms with Gasteiger partial charge in [-0.25, -0.2) is 4.39 Å². The minimum absolute atomic E-state index is 0.284. The van der Waals surface area contributed by atoms with Crippen molar-refractivity contribution >= 4 is 6.08 Å². The fourth-order valence-corrected chi connectivity index (χ4v) is 1.10. The summed E-state index contributed by atoms with van der Waals surface area (Å²) in [6, 6.07) is 4.49. The van der Waals surface area contributed by atoms with E-state index in [0.29, 0.717) is 5.56 Å². The van der Waals surface area contributed by atoms with E-state index < -0.39 is 5.82 Å². The largest absolute Gasteiger partial charge is 0.504 e. The molecule has 1 aromatic rings. The van der Waals surface area contributed by atoms with E-state index in [9.17, 15) is 9.50 Å². The maximum atomic E-state index is 12.9. The van der Waals surface area contributed by atoms with E-state index in [1.807, 2.05) is 13.1 Å². The fourth-order valence-electron chi connectivity index (χ4n) is 1.10. The van der Waals surface area contributed by atoms with Crippen LogP contribution in [0.2, 0.25) is 0 Å². The van der Waals surface area contributed by atoms with Gasteiger partial charge in [0.1, 0.15) is 0 Å². The molecule has 0 heterocycles. The summed E-state index contributed by atoms with van der Waals surface area (Å²) < 4.78 is 12.9. The average molecular weight is 195 g/mol. The molecule has 0 aliphatic rings. The summed E-state index contributed by atoms with van der Waals surface area (Å²) in [6.07, 6.45) is 4.47. The summed E-state index contributed by atoms with van der Waals surface area (Å²) in [5.74, 6) is -0.867. The van der Waals surface area contributed by atoms with Crippen molar-refractivity contribution in [1.29, 1.82) is 0 Å². The molecule has 76 valence electrons. The van der Waals surface area contributed by atoms with Crippen LogP contribution in [0.4, 0.5) is 4.39 Å². The Labute approximate surface area is 83.1 Å². The molecule has 1 rings (SSSR count). The summed E-state index contributed by atoms with van der Waals surface area (Å²) >= 11 is 0. The Morgan fingerprint density at radius 2 is 2.29 bits per heavy atom. The molecular weight excluding hydrogens is 181 g/mol. The third-order valence-corrected chi connectivity index (χ3v) is 1.88. The van der Waals surface area contributed by atoms with Crippen molar-refractivity contribution in [3.05, 3.63) is 35.7 Å². The van der Waals surface area contributed by atoms with E-state index in [1.165, 1.54) is 6.07 Å². The molecule has 0 saturated heterocycles. The number of para-hydroxylation sites is 1. The van der Waals surface area contributed by atoms with Crippen LogP contribution in [-0.2, 0) is 0 Å². The van der Waals surface area contributed by atoms with Crippen molar-refractivity contribution in [1.82, 2.24) is 5.32 Å². The molecule has 1 aromatic carbocycles. The summed E-state index contributed by atoms with van der Waals surface area (Å²) in [7, 11) is 1.87. The van der Waals surface area contributed by atoms with Crippen molar-refractivity contribution in [3.63, 3.8) is 0 Å². The number of halogens is 1. The van der Waals surface area contributed by atoms with Gasteiger partial charge in [0.05, 0.1) is 0 Å². The molecule has 0 spiro atoms. The van der Waals surface area contributed by atoms with Gasteiger partial charge in [-0.2, -0.15) is 0 Å². The zero-order chi connectivity index (χ0) is 10.4. The number of benzene rings is 1. The fraction of sp³-hybridized carbons (Fsp3) is 0.273. The van der Waals surface area contributed by atoms with Gasteiger partial charge in [0, 0.05) is 5.56 Å². The van der Waals surface area contributed by atoms with Crippen LogP contribution in [0.25, 0.3) is 6.08 Å². The second-order valence-electron chi connectivity index (χ2n) is 2.97. The minimum atomic E-state index is -0.583. The van der Waals surface area contributed by atoms with Crippen LogP contribution in [-0.4, -0.2) is 18.7 Å². The summed E-state index contributed by atoms with van der Waals surface area (Å²) in [4.78, 5) is 0. The number of phenols is 1. The molecule has 2 N–H and O–H groups in total. The predicted molar refractivity (Wildman–Crippen MR) is 55.6 cm³/mol. The molecule has 0 saturated carbocycles. The lowest BCUT2D eigenvalue weighted by Crippen LogP contribution is -2.05. The monoisotopic (exact) mass is 195 g/mol. The Morgan fingerprint density at radius 3 is 3.00 bits per heavy atom. The Bertz CT molecular complexity index is 323. The first kappa shape index (κ1) is 10.7. The highest BCUT2D eigenvalue weighted by atomic mass is 19.1. The van der Waals surface area contributed by atoms with E-state index in [2.05, 4.69) is 5.32 Å². The van der Waals surface area contributed by atoms with Crippen LogP contribution in [0.3, 0.4) is 0 Å². The predicted octanol–water partition coefficient (Wildman–Crippen LogP) is 2.15. The lowest BCUT2D eigenvalue weighted by Gasteiger charge is -1.99. The number of phenolic OH excluding ortho intramolecular Hbond substituents is 1. The Balaban J connectivity index is 2.67. The molecule has 0 radical (unpaired) electrons. The molecule has 0 amide bonds.